The predicted molar refractivity (Wildman–Crippen MR) is 71.1 cm³/mol. The second-order valence-electron chi connectivity index (χ2n) is 4.30. The molecule has 0 saturated heterocycles. The molecule has 6 nitrogen and oxygen atoms in total. The van der Waals surface area contributed by atoms with Crippen molar-refractivity contribution in [2.24, 2.45) is 0 Å². The average Bonchev–Trinajstić information content (AvgIpc) is 2.84. The Morgan fingerprint density at radius 2 is 2.42 bits per heavy atom. The molecule has 0 fully saturated rings. The van der Waals surface area contributed by atoms with E-state index in [0.29, 0.717) is 17.9 Å². The number of hydrogen-bond donors (Lipinski definition) is 3. The number of hydrogen-bond acceptors (Lipinski definition) is 5. The molecule has 1 atom stereocenters. The molecule has 2 rings (SSSR count). The van der Waals surface area contributed by atoms with Crippen LogP contribution in [0.4, 0.5) is 11.5 Å². The molecule has 0 radical (unpaired) electrons. The summed E-state index contributed by atoms with van der Waals surface area (Å²) in [6.07, 6.45) is 3.59. The van der Waals surface area contributed by atoms with Crippen molar-refractivity contribution in [2.45, 2.75) is 19.4 Å². The minimum atomic E-state index is -1.05. The fourth-order valence-corrected chi connectivity index (χ4v) is 1.73. The molecule has 0 amide bonds. The number of anilines is 2. The third-order valence-corrected chi connectivity index (χ3v) is 2.63. The summed E-state index contributed by atoms with van der Waals surface area (Å²) in [7, 11) is 0. The van der Waals surface area contributed by atoms with Gasteiger partial charge in [0.05, 0.1) is 17.5 Å². The highest BCUT2D eigenvalue weighted by Gasteiger charge is 2.11. The number of nitrogens with one attached hydrogen (secondary N) is 1. The zero-order valence-electron chi connectivity index (χ0n) is 10.5. The molecule has 1 unspecified atom stereocenters. The standard InChI is InChI=1S/C13H15N3O3/c1-8(5-10-3-2-4-19-10)16-12-11(14)6-9(7-15-12)13(17)18/h2-4,6-8H,5,14H2,1H3,(H,15,16)(H,17,18). The molecule has 6 heteroatoms. The Labute approximate surface area is 110 Å². The first kappa shape index (κ1) is 12.9. The topological polar surface area (TPSA) is 101 Å². The van der Waals surface area contributed by atoms with Crippen molar-refractivity contribution in [1.82, 2.24) is 4.98 Å². The van der Waals surface area contributed by atoms with Crippen LogP contribution in [0.25, 0.3) is 0 Å². The van der Waals surface area contributed by atoms with Crippen LogP contribution >= 0.6 is 0 Å². The second kappa shape index (κ2) is 5.43. The third kappa shape index (κ3) is 3.25. The number of aromatic nitrogens is 1. The number of carbonyl (C=O) groups is 1. The Hall–Kier alpha value is -2.50. The molecule has 0 bridgehead atoms. The van der Waals surface area contributed by atoms with E-state index in [1.807, 2.05) is 19.1 Å². The highest BCUT2D eigenvalue weighted by atomic mass is 16.4. The van der Waals surface area contributed by atoms with Crippen molar-refractivity contribution in [3.8, 4) is 0 Å². The molecule has 2 aromatic rings. The quantitative estimate of drug-likeness (QED) is 0.760. The normalized spacial score (nSPS) is 12.1. The average molecular weight is 261 g/mol. The SMILES string of the molecule is CC(Cc1ccco1)Nc1ncc(C(=O)O)cc1N. The van der Waals surface area contributed by atoms with Gasteiger partial charge in [-0.25, -0.2) is 9.78 Å². The van der Waals surface area contributed by atoms with Gasteiger partial charge in [-0.15, -0.1) is 0 Å². The van der Waals surface area contributed by atoms with Gasteiger partial charge in [0.15, 0.2) is 0 Å². The fraction of sp³-hybridized carbons (Fsp3) is 0.231. The van der Waals surface area contributed by atoms with Crippen LogP contribution in [0.1, 0.15) is 23.0 Å². The molecule has 19 heavy (non-hydrogen) atoms. The van der Waals surface area contributed by atoms with E-state index in [1.54, 1.807) is 6.26 Å². The number of nitrogens with two attached hydrogens (primary N) is 1. The van der Waals surface area contributed by atoms with Gasteiger partial charge in [0.1, 0.15) is 11.6 Å². The van der Waals surface area contributed by atoms with Crippen LogP contribution in [0.15, 0.2) is 35.1 Å². The zero-order valence-corrected chi connectivity index (χ0v) is 10.5. The Morgan fingerprint density at radius 3 is 3.00 bits per heavy atom. The van der Waals surface area contributed by atoms with Crippen LogP contribution in [0, 0.1) is 0 Å². The van der Waals surface area contributed by atoms with E-state index in [1.165, 1.54) is 12.3 Å². The second-order valence-corrected chi connectivity index (χ2v) is 4.30. The van der Waals surface area contributed by atoms with Crippen molar-refractivity contribution < 1.29 is 14.3 Å². The van der Waals surface area contributed by atoms with Crippen LogP contribution in [0.3, 0.4) is 0 Å². The molecule has 4 N–H and O–H groups in total. The minimum Gasteiger partial charge on any atom is -0.478 e. The van der Waals surface area contributed by atoms with Crippen LogP contribution in [0.2, 0.25) is 0 Å². The van der Waals surface area contributed by atoms with E-state index in [4.69, 9.17) is 15.3 Å². The fourth-order valence-electron chi connectivity index (χ4n) is 1.73. The summed E-state index contributed by atoms with van der Waals surface area (Å²) in [5.74, 6) is 0.291. The summed E-state index contributed by atoms with van der Waals surface area (Å²) in [5, 5.41) is 12.0. The lowest BCUT2D eigenvalue weighted by atomic mass is 10.2. The zero-order chi connectivity index (χ0) is 13.8. The maximum absolute atomic E-state index is 10.8. The van der Waals surface area contributed by atoms with Crippen molar-refractivity contribution in [1.29, 1.82) is 0 Å². The van der Waals surface area contributed by atoms with Crippen LogP contribution in [-0.2, 0) is 6.42 Å². The number of nitrogens with zero attached hydrogens (tertiary/aromatic N) is 1. The number of aromatic carboxylic acids is 1. The number of carboxylic acid groups (broad SMARTS) is 1. The molecule has 0 aliphatic rings. The van der Waals surface area contributed by atoms with Crippen LogP contribution in [0.5, 0.6) is 0 Å². The highest BCUT2D eigenvalue weighted by Crippen LogP contribution is 2.18. The summed E-state index contributed by atoms with van der Waals surface area (Å²) in [6.45, 7) is 1.97. The Morgan fingerprint density at radius 1 is 1.63 bits per heavy atom. The monoisotopic (exact) mass is 261 g/mol. The first-order chi connectivity index (χ1) is 9.06. The molecule has 2 aromatic heterocycles. The van der Waals surface area contributed by atoms with Gasteiger partial charge in [-0.1, -0.05) is 0 Å². The van der Waals surface area contributed by atoms with E-state index in [0.717, 1.165) is 5.76 Å². The summed E-state index contributed by atoms with van der Waals surface area (Å²) < 4.78 is 5.25. The summed E-state index contributed by atoms with van der Waals surface area (Å²) in [5.41, 5.74) is 6.15. The van der Waals surface area contributed by atoms with Gasteiger partial charge in [-0.05, 0) is 25.1 Å². The number of pyridine rings is 1. The molecule has 0 aromatic carbocycles. The number of nitrogen functional groups attached to an aromatic ring is 1. The molecular formula is C13H15N3O3. The first-order valence-corrected chi connectivity index (χ1v) is 5.84. The molecule has 0 aliphatic heterocycles. The summed E-state index contributed by atoms with van der Waals surface area (Å²) in [6, 6.07) is 5.17. The van der Waals surface area contributed by atoms with Gasteiger partial charge in [0.2, 0.25) is 0 Å². The van der Waals surface area contributed by atoms with E-state index in [-0.39, 0.29) is 11.6 Å². The van der Waals surface area contributed by atoms with Gasteiger partial charge < -0.3 is 20.6 Å². The largest absolute Gasteiger partial charge is 0.478 e. The Bertz CT molecular complexity index is 567. The number of furan rings is 1. The maximum Gasteiger partial charge on any atom is 0.337 e. The van der Waals surface area contributed by atoms with Crippen LogP contribution in [-0.4, -0.2) is 22.1 Å². The maximum atomic E-state index is 10.8. The minimum absolute atomic E-state index is 0.0663. The molecule has 2 heterocycles. The molecule has 100 valence electrons. The van der Waals surface area contributed by atoms with E-state index < -0.39 is 5.97 Å². The van der Waals surface area contributed by atoms with Crippen molar-refractivity contribution in [3.05, 3.63) is 42.0 Å². The lowest BCUT2D eigenvalue weighted by Gasteiger charge is -2.14. The molecular weight excluding hydrogens is 246 g/mol. The predicted octanol–water partition coefficient (Wildman–Crippen LogP) is 2.00. The van der Waals surface area contributed by atoms with Gasteiger partial charge in [-0.3, -0.25) is 0 Å². The first-order valence-electron chi connectivity index (χ1n) is 5.84. The van der Waals surface area contributed by atoms with E-state index in [2.05, 4.69) is 10.3 Å². The summed E-state index contributed by atoms with van der Waals surface area (Å²) >= 11 is 0. The van der Waals surface area contributed by atoms with Crippen molar-refractivity contribution in [2.75, 3.05) is 11.1 Å². The van der Waals surface area contributed by atoms with Gasteiger partial charge >= 0.3 is 5.97 Å². The third-order valence-electron chi connectivity index (χ3n) is 2.63. The Balaban J connectivity index is 2.04. The number of carboxylic acids is 1. The van der Waals surface area contributed by atoms with Crippen molar-refractivity contribution >= 4 is 17.5 Å². The van der Waals surface area contributed by atoms with Crippen molar-refractivity contribution in [3.63, 3.8) is 0 Å². The lowest BCUT2D eigenvalue weighted by molar-refractivity contribution is 0.0696. The Kier molecular flexibility index (Phi) is 3.70. The van der Waals surface area contributed by atoms with Gasteiger partial charge in [0.25, 0.3) is 0 Å². The summed E-state index contributed by atoms with van der Waals surface area (Å²) in [4.78, 5) is 14.8. The molecule has 0 aliphatic carbocycles. The van der Waals surface area contributed by atoms with Crippen LogP contribution < -0.4 is 11.1 Å². The number of rotatable bonds is 5. The van der Waals surface area contributed by atoms with E-state index >= 15 is 0 Å². The van der Waals surface area contributed by atoms with Gasteiger partial charge in [0, 0.05) is 18.7 Å². The molecule has 0 saturated carbocycles. The molecule has 0 spiro atoms. The smallest absolute Gasteiger partial charge is 0.337 e. The highest BCUT2D eigenvalue weighted by molar-refractivity contribution is 5.89. The van der Waals surface area contributed by atoms with Gasteiger partial charge in [-0.2, -0.15) is 0 Å². The lowest BCUT2D eigenvalue weighted by Crippen LogP contribution is -2.19. The van der Waals surface area contributed by atoms with E-state index in [9.17, 15) is 4.79 Å².